The lowest BCUT2D eigenvalue weighted by Gasteiger charge is -2.47. The molecule has 0 saturated carbocycles. The van der Waals surface area contributed by atoms with Crippen LogP contribution in [0.5, 0.6) is 0 Å². The van der Waals surface area contributed by atoms with Crippen molar-refractivity contribution in [3.05, 3.63) is 0 Å². The van der Waals surface area contributed by atoms with E-state index in [0.717, 1.165) is 0 Å². The Labute approximate surface area is 196 Å². The van der Waals surface area contributed by atoms with Crippen LogP contribution < -0.4 is 0 Å². The maximum atomic E-state index is 11.7. The molecule has 3 fully saturated rings. The van der Waals surface area contributed by atoms with Gasteiger partial charge in [0.25, 0.3) is 0 Å². The normalized spacial score (nSPS) is 51.2. The van der Waals surface area contributed by atoms with Crippen LogP contribution in [0.25, 0.3) is 0 Å². The highest BCUT2D eigenvalue weighted by atomic mass is 16.8. The first-order chi connectivity index (χ1) is 16.4. The van der Waals surface area contributed by atoms with E-state index in [-0.39, 0.29) is 0 Å². The molecule has 0 spiro atoms. The topological polar surface area (TPSA) is 286 Å². The van der Waals surface area contributed by atoms with Gasteiger partial charge in [0.1, 0.15) is 67.1 Å². The smallest absolute Gasteiger partial charge is 0.335 e. The van der Waals surface area contributed by atoms with Gasteiger partial charge in [0.15, 0.2) is 25.0 Å². The van der Waals surface area contributed by atoms with Crippen molar-refractivity contribution in [1.82, 2.24) is 0 Å². The molecule has 17 nitrogen and oxygen atoms in total. The summed E-state index contributed by atoms with van der Waals surface area (Å²) in [6, 6.07) is 0. The minimum atomic E-state index is -2.16. The monoisotopic (exact) mass is 518 g/mol. The number of aliphatic carboxylic acids is 1. The van der Waals surface area contributed by atoms with Gasteiger partial charge in [0, 0.05) is 0 Å². The highest BCUT2D eigenvalue weighted by Gasteiger charge is 2.55. The summed E-state index contributed by atoms with van der Waals surface area (Å²) in [5.41, 5.74) is 0. The highest BCUT2D eigenvalue weighted by molar-refractivity contribution is 5.73. The van der Waals surface area contributed by atoms with E-state index in [4.69, 9.17) is 23.7 Å². The first-order valence-electron chi connectivity index (χ1n) is 10.6. The van der Waals surface area contributed by atoms with Crippen molar-refractivity contribution < 1.29 is 84.7 Å². The molecular formula is C18H30O17. The molecule has 0 aromatic heterocycles. The van der Waals surface area contributed by atoms with Crippen LogP contribution in [-0.4, -0.2) is 167 Å². The second kappa shape index (κ2) is 11.5. The molecule has 3 rings (SSSR count). The standard InChI is InChI=1S/C18H30O17/c19-1-3-5(21)7(23)9(25)17(31-3)34-12-11(27)13(16(30)33-14(12)15(28)29)35-18-10(26)8(24)6(22)4(2-20)32-18/h3-14,16-27,30H,1-2H2,(H,28,29)/t3-,4-,5-,6-,7+,8+,9-,10-,11+,12+,13-,14+,16?,17+,18+/m1/s1. The Bertz CT molecular complexity index is 707. The van der Waals surface area contributed by atoms with Crippen LogP contribution in [0.2, 0.25) is 0 Å². The molecule has 15 atom stereocenters. The molecule has 17 heteroatoms. The van der Waals surface area contributed by atoms with Gasteiger partial charge >= 0.3 is 5.97 Å². The first-order valence-corrected chi connectivity index (χ1v) is 10.6. The number of rotatable bonds is 7. The van der Waals surface area contributed by atoms with Crippen molar-refractivity contribution in [1.29, 1.82) is 0 Å². The molecule has 3 aliphatic rings. The van der Waals surface area contributed by atoms with Crippen molar-refractivity contribution >= 4 is 5.97 Å². The fourth-order valence-electron chi connectivity index (χ4n) is 4.01. The lowest BCUT2D eigenvalue weighted by molar-refractivity contribution is -0.378. The predicted molar refractivity (Wildman–Crippen MR) is 102 cm³/mol. The summed E-state index contributed by atoms with van der Waals surface area (Å²) in [4.78, 5) is 11.7. The molecule has 0 amide bonds. The number of ether oxygens (including phenoxy) is 5. The Kier molecular flexibility index (Phi) is 9.35. The highest BCUT2D eigenvalue weighted by Crippen LogP contribution is 2.32. The Morgan fingerprint density at radius 1 is 0.600 bits per heavy atom. The number of hydrogen-bond acceptors (Lipinski definition) is 16. The van der Waals surface area contributed by atoms with E-state index in [0.29, 0.717) is 0 Å². The first kappa shape index (κ1) is 28.4. The quantitative estimate of drug-likeness (QED) is 0.149. The summed E-state index contributed by atoms with van der Waals surface area (Å²) in [6.07, 6.45) is -27.9. The second-order valence-corrected chi connectivity index (χ2v) is 8.37. The maximum absolute atomic E-state index is 11.7. The second-order valence-electron chi connectivity index (χ2n) is 8.37. The van der Waals surface area contributed by atoms with Crippen LogP contribution in [0, 0.1) is 0 Å². The zero-order chi connectivity index (χ0) is 26.2. The van der Waals surface area contributed by atoms with Crippen molar-refractivity contribution in [3.63, 3.8) is 0 Å². The fraction of sp³-hybridized carbons (Fsp3) is 0.944. The van der Waals surface area contributed by atoms with Gasteiger partial charge in [-0.3, -0.25) is 0 Å². The van der Waals surface area contributed by atoms with Gasteiger partial charge in [-0.15, -0.1) is 0 Å². The molecule has 0 radical (unpaired) electrons. The Hall–Kier alpha value is -1.13. The van der Waals surface area contributed by atoms with Crippen LogP contribution >= 0.6 is 0 Å². The molecule has 3 heterocycles. The Balaban J connectivity index is 1.80. The summed E-state index contributed by atoms with van der Waals surface area (Å²) >= 11 is 0. The third-order valence-electron chi connectivity index (χ3n) is 6.06. The predicted octanol–water partition coefficient (Wildman–Crippen LogP) is -7.48. The molecule has 1 unspecified atom stereocenters. The molecule has 0 bridgehead atoms. The van der Waals surface area contributed by atoms with Crippen molar-refractivity contribution in [2.45, 2.75) is 92.1 Å². The minimum Gasteiger partial charge on any atom is -0.479 e. The zero-order valence-electron chi connectivity index (χ0n) is 17.9. The fourth-order valence-corrected chi connectivity index (χ4v) is 4.01. The molecular weight excluding hydrogens is 488 g/mol. The molecule has 204 valence electrons. The van der Waals surface area contributed by atoms with E-state index < -0.39 is 111 Å². The summed E-state index contributed by atoms with van der Waals surface area (Å²) in [7, 11) is 0. The SMILES string of the molecule is O=C(O)[C@H]1OC(O)[C@H](O[C@@H]2O[C@H](CO)[C@@H](O)[C@H](O)[C@H]2O)[C@@H](O)[C@@H]1O[C@@H]1O[C@H](CO)[C@@H](O)[C@H](O)[C@H]1O. The van der Waals surface area contributed by atoms with E-state index in [1.807, 2.05) is 0 Å². The lowest BCUT2D eigenvalue weighted by Crippen LogP contribution is -2.67. The third-order valence-corrected chi connectivity index (χ3v) is 6.06. The van der Waals surface area contributed by atoms with Gasteiger partial charge in [-0.2, -0.15) is 0 Å². The number of carboxylic acids is 1. The van der Waals surface area contributed by atoms with Crippen LogP contribution in [0.3, 0.4) is 0 Å². The lowest BCUT2D eigenvalue weighted by atomic mass is 9.96. The molecule has 3 aliphatic heterocycles. The zero-order valence-corrected chi connectivity index (χ0v) is 17.9. The minimum absolute atomic E-state index is 0.805. The Morgan fingerprint density at radius 2 is 1.03 bits per heavy atom. The number of aliphatic hydroxyl groups is 10. The van der Waals surface area contributed by atoms with Crippen molar-refractivity contribution in [3.8, 4) is 0 Å². The van der Waals surface area contributed by atoms with E-state index >= 15 is 0 Å². The molecule has 0 aromatic carbocycles. The summed E-state index contributed by atoms with van der Waals surface area (Å²) in [5, 5.41) is 109. The Morgan fingerprint density at radius 3 is 1.43 bits per heavy atom. The third kappa shape index (κ3) is 5.59. The van der Waals surface area contributed by atoms with Gasteiger partial charge < -0.3 is 79.9 Å². The molecule has 0 aliphatic carbocycles. The van der Waals surface area contributed by atoms with E-state index in [9.17, 15) is 61.0 Å². The largest absolute Gasteiger partial charge is 0.479 e. The average molecular weight is 518 g/mol. The summed E-state index contributed by atoms with van der Waals surface area (Å²) < 4.78 is 25.8. The van der Waals surface area contributed by atoms with Gasteiger partial charge in [-0.1, -0.05) is 0 Å². The van der Waals surface area contributed by atoms with Gasteiger partial charge in [-0.25, -0.2) is 4.79 Å². The van der Waals surface area contributed by atoms with Gasteiger partial charge in [0.2, 0.25) is 0 Å². The van der Waals surface area contributed by atoms with Crippen LogP contribution in [0.4, 0.5) is 0 Å². The molecule has 11 N–H and O–H groups in total. The number of hydrogen-bond donors (Lipinski definition) is 11. The van der Waals surface area contributed by atoms with Crippen LogP contribution in [0.15, 0.2) is 0 Å². The number of carboxylic acid groups (broad SMARTS) is 1. The summed E-state index contributed by atoms with van der Waals surface area (Å²) in [5.74, 6) is -1.73. The number of aliphatic hydroxyl groups excluding tert-OH is 10. The molecule has 0 aromatic rings. The summed E-state index contributed by atoms with van der Waals surface area (Å²) in [6.45, 7) is -1.63. The van der Waals surface area contributed by atoms with Crippen LogP contribution in [0.1, 0.15) is 0 Å². The van der Waals surface area contributed by atoms with E-state index in [1.54, 1.807) is 0 Å². The molecule has 35 heavy (non-hydrogen) atoms. The van der Waals surface area contributed by atoms with Crippen molar-refractivity contribution in [2.24, 2.45) is 0 Å². The average Bonchev–Trinajstić information content (AvgIpc) is 2.82. The van der Waals surface area contributed by atoms with E-state index in [2.05, 4.69) is 0 Å². The maximum Gasteiger partial charge on any atom is 0.335 e. The van der Waals surface area contributed by atoms with Gasteiger partial charge in [-0.05, 0) is 0 Å². The van der Waals surface area contributed by atoms with E-state index in [1.165, 1.54) is 0 Å². The molecule has 3 saturated heterocycles. The number of carbonyl (C=O) groups is 1. The van der Waals surface area contributed by atoms with Crippen molar-refractivity contribution in [2.75, 3.05) is 13.2 Å². The van der Waals surface area contributed by atoms with Gasteiger partial charge in [0.05, 0.1) is 13.2 Å². The van der Waals surface area contributed by atoms with Crippen LogP contribution in [-0.2, 0) is 28.5 Å².